The van der Waals surface area contributed by atoms with E-state index >= 15 is 0 Å². The number of nitrogens with zero attached hydrogens (tertiary/aromatic N) is 2. The van der Waals surface area contributed by atoms with Gasteiger partial charge in [0.2, 0.25) is 5.91 Å². The van der Waals surface area contributed by atoms with Crippen LogP contribution in [0.15, 0.2) is 41.8 Å². The second kappa shape index (κ2) is 8.93. The highest BCUT2D eigenvalue weighted by Crippen LogP contribution is 2.35. The quantitative estimate of drug-likeness (QED) is 0.552. The van der Waals surface area contributed by atoms with Gasteiger partial charge < -0.3 is 14.8 Å². The van der Waals surface area contributed by atoms with E-state index < -0.39 is 5.54 Å². The Morgan fingerprint density at radius 2 is 1.91 bits per heavy atom. The van der Waals surface area contributed by atoms with E-state index in [1.807, 2.05) is 29.0 Å². The molecule has 7 heteroatoms. The van der Waals surface area contributed by atoms with Crippen LogP contribution in [0.3, 0.4) is 0 Å². The molecule has 0 saturated heterocycles. The van der Waals surface area contributed by atoms with Crippen LogP contribution in [0.4, 0.5) is 4.39 Å². The molecule has 174 valence electrons. The number of amides is 2. The lowest BCUT2D eigenvalue weighted by Gasteiger charge is -2.44. The minimum absolute atomic E-state index is 0.124. The third-order valence-electron chi connectivity index (χ3n) is 7.21. The fourth-order valence-corrected chi connectivity index (χ4v) is 6.10. The van der Waals surface area contributed by atoms with Gasteiger partial charge in [-0.05, 0) is 55.0 Å². The van der Waals surface area contributed by atoms with Crippen LogP contribution in [0.1, 0.15) is 67.9 Å². The SMILES string of the molecule is CC1(C(=O)NC2CCCCCCC2)Cn2c(cc3sccc32)C(=O)N1Cc1cccc(F)c1. The largest absolute Gasteiger partial charge is 0.351 e. The first-order valence-corrected chi connectivity index (χ1v) is 12.8. The topological polar surface area (TPSA) is 54.3 Å². The molecule has 1 aromatic carbocycles. The monoisotopic (exact) mass is 467 g/mol. The lowest BCUT2D eigenvalue weighted by molar-refractivity contribution is -0.134. The van der Waals surface area contributed by atoms with Crippen LogP contribution >= 0.6 is 11.3 Å². The Morgan fingerprint density at radius 3 is 2.67 bits per heavy atom. The number of fused-ring (bicyclic) bond motifs is 3. The van der Waals surface area contributed by atoms with Gasteiger partial charge in [-0.15, -0.1) is 11.3 Å². The van der Waals surface area contributed by atoms with Gasteiger partial charge in [0.15, 0.2) is 0 Å². The smallest absolute Gasteiger partial charge is 0.271 e. The van der Waals surface area contributed by atoms with E-state index in [0.717, 1.165) is 35.9 Å². The maximum atomic E-state index is 13.9. The van der Waals surface area contributed by atoms with Gasteiger partial charge in [0.25, 0.3) is 5.91 Å². The van der Waals surface area contributed by atoms with E-state index in [1.54, 1.807) is 28.4 Å². The van der Waals surface area contributed by atoms with Crippen molar-refractivity contribution in [1.29, 1.82) is 0 Å². The molecule has 2 aliphatic rings. The highest BCUT2D eigenvalue weighted by molar-refractivity contribution is 7.17. The van der Waals surface area contributed by atoms with Gasteiger partial charge in [-0.2, -0.15) is 0 Å². The average molecular weight is 468 g/mol. The molecule has 1 aliphatic heterocycles. The number of benzene rings is 1. The molecular weight excluding hydrogens is 437 g/mol. The van der Waals surface area contributed by atoms with Crippen molar-refractivity contribution in [1.82, 2.24) is 14.8 Å². The van der Waals surface area contributed by atoms with Crippen LogP contribution in [0.25, 0.3) is 10.2 Å². The number of carbonyl (C=O) groups excluding carboxylic acids is 2. The number of hydrogen-bond donors (Lipinski definition) is 1. The van der Waals surface area contributed by atoms with Crippen LogP contribution in [0.2, 0.25) is 0 Å². The Bertz CT molecular complexity index is 1180. The number of halogens is 1. The van der Waals surface area contributed by atoms with Crippen LogP contribution in [-0.4, -0.2) is 32.9 Å². The summed E-state index contributed by atoms with van der Waals surface area (Å²) >= 11 is 1.59. The molecule has 0 spiro atoms. The van der Waals surface area contributed by atoms with Crippen LogP contribution in [0, 0.1) is 5.82 Å². The van der Waals surface area contributed by atoms with Gasteiger partial charge in [-0.3, -0.25) is 9.59 Å². The molecule has 5 rings (SSSR count). The second-order valence-corrected chi connectivity index (χ2v) is 10.5. The molecule has 1 N–H and O–H groups in total. The Labute approximate surface area is 197 Å². The van der Waals surface area contributed by atoms with E-state index in [9.17, 15) is 14.0 Å². The summed E-state index contributed by atoms with van der Waals surface area (Å²) in [4.78, 5) is 29.2. The number of carbonyl (C=O) groups is 2. The standard InChI is InChI=1S/C26H30FN3O2S/c1-26(25(32)28-20-10-5-3-2-4-6-11-20)17-29-21-12-13-33-23(21)15-22(29)24(31)30(26)16-18-8-7-9-19(27)14-18/h7-9,12-15,20H,2-6,10-11,16-17H2,1H3,(H,28,32). The zero-order valence-corrected chi connectivity index (χ0v) is 19.8. The highest BCUT2D eigenvalue weighted by atomic mass is 32.1. The fraction of sp³-hybridized carbons (Fsp3) is 0.462. The van der Waals surface area contributed by atoms with Crippen LogP contribution < -0.4 is 5.32 Å². The third-order valence-corrected chi connectivity index (χ3v) is 8.06. The molecule has 5 nitrogen and oxygen atoms in total. The molecule has 1 atom stereocenters. The van der Waals surface area contributed by atoms with Crippen LogP contribution in [-0.2, 0) is 17.9 Å². The number of rotatable bonds is 4. The van der Waals surface area contributed by atoms with Crippen LogP contribution in [0.5, 0.6) is 0 Å². The number of hydrogen-bond acceptors (Lipinski definition) is 3. The maximum absolute atomic E-state index is 13.9. The molecule has 0 radical (unpaired) electrons. The summed E-state index contributed by atoms with van der Waals surface area (Å²) in [5, 5.41) is 5.30. The molecule has 33 heavy (non-hydrogen) atoms. The minimum atomic E-state index is -1.08. The van der Waals surface area contributed by atoms with Gasteiger partial charge in [0, 0.05) is 12.6 Å². The lowest BCUT2D eigenvalue weighted by Crippen LogP contribution is -2.64. The third kappa shape index (κ3) is 4.19. The summed E-state index contributed by atoms with van der Waals surface area (Å²) in [6.45, 7) is 2.41. The van der Waals surface area contributed by atoms with Crippen molar-refractivity contribution in [2.24, 2.45) is 0 Å². The lowest BCUT2D eigenvalue weighted by atomic mass is 9.91. The molecule has 1 unspecified atom stereocenters. The molecule has 1 fully saturated rings. The number of nitrogens with one attached hydrogen (secondary N) is 1. The van der Waals surface area contributed by atoms with E-state index in [1.165, 1.54) is 31.4 Å². The van der Waals surface area contributed by atoms with Crippen molar-refractivity contribution in [2.45, 2.75) is 76.5 Å². The first-order chi connectivity index (χ1) is 16.0. The molecule has 3 heterocycles. The zero-order valence-electron chi connectivity index (χ0n) is 19.0. The van der Waals surface area contributed by atoms with Gasteiger partial charge >= 0.3 is 0 Å². The summed E-state index contributed by atoms with van der Waals surface area (Å²) < 4.78 is 16.9. The van der Waals surface area contributed by atoms with Gasteiger partial charge in [0.1, 0.15) is 17.1 Å². The normalized spacial score (nSPS) is 22.1. The van der Waals surface area contributed by atoms with Gasteiger partial charge in [-0.25, -0.2) is 4.39 Å². The van der Waals surface area contributed by atoms with Crippen molar-refractivity contribution in [2.75, 3.05) is 0 Å². The van der Waals surface area contributed by atoms with Crippen molar-refractivity contribution < 1.29 is 14.0 Å². The second-order valence-electron chi connectivity index (χ2n) is 9.60. The maximum Gasteiger partial charge on any atom is 0.271 e. The first-order valence-electron chi connectivity index (χ1n) is 11.9. The van der Waals surface area contributed by atoms with E-state index in [2.05, 4.69) is 5.32 Å². The van der Waals surface area contributed by atoms with Crippen molar-refractivity contribution in [3.8, 4) is 0 Å². The molecular formula is C26H30FN3O2S. The Hall–Kier alpha value is -2.67. The van der Waals surface area contributed by atoms with E-state index in [0.29, 0.717) is 17.8 Å². The number of thiophene rings is 1. The summed E-state index contributed by atoms with van der Waals surface area (Å²) in [5.74, 6) is -0.661. The van der Waals surface area contributed by atoms with E-state index in [-0.39, 0.29) is 30.2 Å². The molecule has 0 bridgehead atoms. The average Bonchev–Trinajstić information content (AvgIpc) is 3.35. The highest BCUT2D eigenvalue weighted by Gasteiger charge is 2.48. The van der Waals surface area contributed by atoms with E-state index in [4.69, 9.17) is 0 Å². The summed E-state index contributed by atoms with van der Waals surface area (Å²) in [6, 6.07) is 10.3. The zero-order chi connectivity index (χ0) is 23.0. The van der Waals surface area contributed by atoms with Gasteiger partial charge in [-0.1, -0.05) is 44.2 Å². The predicted octanol–water partition coefficient (Wildman–Crippen LogP) is 5.49. The molecule has 2 aromatic heterocycles. The summed E-state index contributed by atoms with van der Waals surface area (Å²) in [7, 11) is 0. The van der Waals surface area contributed by atoms with Crippen molar-refractivity contribution in [3.63, 3.8) is 0 Å². The predicted molar refractivity (Wildman–Crippen MR) is 129 cm³/mol. The summed E-state index contributed by atoms with van der Waals surface area (Å²) in [5.41, 5.74) is 1.17. The minimum Gasteiger partial charge on any atom is -0.351 e. The Kier molecular flexibility index (Phi) is 5.99. The molecule has 1 saturated carbocycles. The molecule has 3 aromatic rings. The molecule has 1 aliphatic carbocycles. The Morgan fingerprint density at radius 1 is 1.15 bits per heavy atom. The van der Waals surface area contributed by atoms with Gasteiger partial charge in [0.05, 0.1) is 16.8 Å². The first kappa shape index (κ1) is 22.1. The molecule has 2 amide bonds. The fourth-order valence-electron chi connectivity index (χ4n) is 5.28. The van der Waals surface area contributed by atoms with Crippen molar-refractivity contribution in [3.05, 3.63) is 58.9 Å². The summed E-state index contributed by atoms with van der Waals surface area (Å²) in [6.07, 6.45) is 7.86. The number of aromatic nitrogens is 1. The Balaban J connectivity index is 1.50. The van der Waals surface area contributed by atoms with Crippen molar-refractivity contribution >= 4 is 33.4 Å².